The Balaban J connectivity index is 1.70. The summed E-state index contributed by atoms with van der Waals surface area (Å²) < 4.78 is 16.3. The van der Waals surface area contributed by atoms with Crippen molar-refractivity contribution in [3.8, 4) is 0 Å². The quantitative estimate of drug-likeness (QED) is 0.703. The van der Waals surface area contributed by atoms with Crippen molar-refractivity contribution in [2.45, 2.75) is 44.4 Å². The molecule has 26 heavy (non-hydrogen) atoms. The van der Waals surface area contributed by atoms with Crippen molar-refractivity contribution in [1.82, 2.24) is 9.55 Å². The van der Waals surface area contributed by atoms with E-state index in [-0.39, 0.29) is 18.0 Å². The van der Waals surface area contributed by atoms with Gasteiger partial charge in [-0.15, -0.1) is 0 Å². The molecule has 2 aromatic carbocycles. The van der Waals surface area contributed by atoms with E-state index in [9.17, 15) is 9.50 Å². The van der Waals surface area contributed by atoms with Crippen LogP contribution in [0.4, 0.5) is 10.3 Å². The number of para-hydroxylation sites is 2. The van der Waals surface area contributed by atoms with E-state index in [0.29, 0.717) is 23.1 Å². The Bertz CT molecular complexity index is 898. The number of nitrogens with one attached hydrogen (secondary N) is 1. The van der Waals surface area contributed by atoms with Gasteiger partial charge in [-0.3, -0.25) is 0 Å². The number of hydrogen-bond acceptors (Lipinski definition) is 3. The molecule has 0 unspecified atom stereocenters. The lowest BCUT2D eigenvalue weighted by atomic mass is 9.93. The van der Waals surface area contributed by atoms with E-state index < -0.39 is 0 Å². The second kappa shape index (κ2) is 7.25. The van der Waals surface area contributed by atoms with Gasteiger partial charge in [0.25, 0.3) is 0 Å². The average Bonchev–Trinajstić information content (AvgIpc) is 2.97. The van der Waals surface area contributed by atoms with Crippen LogP contribution in [0.2, 0.25) is 5.02 Å². The first-order chi connectivity index (χ1) is 12.6. The Morgan fingerprint density at radius 1 is 1.12 bits per heavy atom. The first-order valence-corrected chi connectivity index (χ1v) is 9.32. The van der Waals surface area contributed by atoms with Crippen molar-refractivity contribution in [2.75, 3.05) is 5.32 Å². The van der Waals surface area contributed by atoms with E-state index >= 15 is 0 Å². The first kappa shape index (κ1) is 17.3. The molecule has 6 heteroatoms. The number of benzene rings is 2. The van der Waals surface area contributed by atoms with Crippen molar-refractivity contribution in [2.24, 2.45) is 0 Å². The summed E-state index contributed by atoms with van der Waals surface area (Å²) in [7, 11) is 0. The fraction of sp³-hybridized carbons (Fsp3) is 0.350. The molecule has 0 aliphatic heterocycles. The summed E-state index contributed by atoms with van der Waals surface area (Å²) in [5.74, 6) is 0.397. The van der Waals surface area contributed by atoms with Crippen molar-refractivity contribution >= 4 is 28.6 Å². The molecule has 0 amide bonds. The number of rotatable bonds is 4. The minimum atomic E-state index is -0.318. The van der Waals surface area contributed by atoms with Crippen molar-refractivity contribution < 1.29 is 9.50 Å². The maximum Gasteiger partial charge on any atom is 0.204 e. The van der Waals surface area contributed by atoms with Gasteiger partial charge in [-0.05, 0) is 49.9 Å². The van der Waals surface area contributed by atoms with Gasteiger partial charge < -0.3 is 15.0 Å². The molecule has 0 saturated heterocycles. The van der Waals surface area contributed by atoms with E-state index in [0.717, 1.165) is 36.7 Å². The highest BCUT2D eigenvalue weighted by Crippen LogP contribution is 2.28. The van der Waals surface area contributed by atoms with E-state index in [1.807, 2.05) is 28.8 Å². The van der Waals surface area contributed by atoms with E-state index in [1.54, 1.807) is 12.1 Å². The molecule has 136 valence electrons. The Labute approximate surface area is 156 Å². The van der Waals surface area contributed by atoms with Crippen LogP contribution in [-0.2, 0) is 6.54 Å². The van der Waals surface area contributed by atoms with Crippen LogP contribution in [0.15, 0.2) is 42.5 Å². The standard InChI is InChI=1S/C20H21ClFN3O/c21-16-4-3-5-17(22)15(16)12-25-19-7-2-1-6-18(19)24-20(25)23-13-8-10-14(26)11-9-13/h1-7,13-14,26H,8-12H2,(H,23,24). The van der Waals surface area contributed by atoms with Crippen molar-refractivity contribution in [3.63, 3.8) is 0 Å². The normalized spacial score (nSPS) is 20.4. The molecule has 3 aromatic rings. The molecule has 1 aromatic heterocycles. The fourth-order valence-corrected chi connectivity index (χ4v) is 3.81. The molecule has 2 N–H and O–H groups in total. The lowest BCUT2D eigenvalue weighted by Crippen LogP contribution is -2.29. The highest BCUT2D eigenvalue weighted by Gasteiger charge is 2.22. The summed E-state index contributed by atoms with van der Waals surface area (Å²) in [4.78, 5) is 4.71. The summed E-state index contributed by atoms with van der Waals surface area (Å²) in [6, 6.07) is 12.8. The van der Waals surface area contributed by atoms with Gasteiger partial charge in [0.2, 0.25) is 5.95 Å². The lowest BCUT2D eigenvalue weighted by Gasteiger charge is -2.27. The van der Waals surface area contributed by atoms with Crippen molar-refractivity contribution in [1.29, 1.82) is 0 Å². The predicted molar refractivity (Wildman–Crippen MR) is 102 cm³/mol. The fourth-order valence-electron chi connectivity index (χ4n) is 3.59. The minimum Gasteiger partial charge on any atom is -0.393 e. The summed E-state index contributed by atoms with van der Waals surface area (Å²) in [5.41, 5.74) is 2.25. The van der Waals surface area contributed by atoms with Crippen LogP contribution < -0.4 is 5.32 Å². The Hall–Kier alpha value is -2.11. The van der Waals surface area contributed by atoms with Gasteiger partial charge in [-0.2, -0.15) is 0 Å². The molecular weight excluding hydrogens is 353 g/mol. The molecule has 0 spiro atoms. The minimum absolute atomic E-state index is 0.205. The molecule has 4 nitrogen and oxygen atoms in total. The summed E-state index contributed by atoms with van der Waals surface area (Å²) in [5, 5.41) is 13.6. The molecule has 1 fully saturated rings. The second-order valence-corrected chi connectivity index (χ2v) is 7.27. The van der Waals surface area contributed by atoms with Crippen LogP contribution in [0, 0.1) is 5.82 Å². The van der Waals surface area contributed by atoms with Gasteiger partial charge in [-0.1, -0.05) is 29.8 Å². The van der Waals surface area contributed by atoms with Crippen LogP contribution in [0.1, 0.15) is 31.2 Å². The molecule has 0 radical (unpaired) electrons. The number of nitrogens with zero attached hydrogens (tertiary/aromatic N) is 2. The predicted octanol–water partition coefficient (Wildman–Crippen LogP) is 4.59. The molecular formula is C20H21ClFN3O. The van der Waals surface area contributed by atoms with Crippen LogP contribution in [0.5, 0.6) is 0 Å². The van der Waals surface area contributed by atoms with Crippen LogP contribution in [-0.4, -0.2) is 26.8 Å². The SMILES string of the molecule is OC1CCC(Nc2nc3ccccc3n2Cc2c(F)cccc2Cl)CC1. The highest BCUT2D eigenvalue weighted by atomic mass is 35.5. The number of aliphatic hydroxyl groups is 1. The van der Waals surface area contributed by atoms with Gasteiger partial charge in [-0.25, -0.2) is 9.37 Å². The molecule has 1 saturated carbocycles. The first-order valence-electron chi connectivity index (χ1n) is 8.94. The number of hydrogen-bond donors (Lipinski definition) is 2. The van der Waals surface area contributed by atoms with Gasteiger partial charge in [0.15, 0.2) is 0 Å². The van der Waals surface area contributed by atoms with E-state index in [2.05, 4.69) is 5.32 Å². The maximum atomic E-state index is 14.3. The topological polar surface area (TPSA) is 50.1 Å². The number of anilines is 1. The molecule has 0 bridgehead atoms. The summed E-state index contributed by atoms with van der Waals surface area (Å²) in [6.45, 7) is 0.309. The maximum absolute atomic E-state index is 14.3. The zero-order chi connectivity index (χ0) is 18.1. The summed E-state index contributed by atoms with van der Waals surface area (Å²) >= 11 is 6.24. The number of imidazole rings is 1. The van der Waals surface area contributed by atoms with Gasteiger partial charge >= 0.3 is 0 Å². The Morgan fingerprint density at radius 2 is 1.88 bits per heavy atom. The zero-order valence-electron chi connectivity index (χ0n) is 14.3. The molecule has 1 aliphatic rings. The third-order valence-corrected chi connectivity index (χ3v) is 5.42. The third-order valence-electron chi connectivity index (χ3n) is 5.06. The lowest BCUT2D eigenvalue weighted by molar-refractivity contribution is 0.126. The average molecular weight is 374 g/mol. The third kappa shape index (κ3) is 3.41. The zero-order valence-corrected chi connectivity index (χ0v) is 15.1. The largest absolute Gasteiger partial charge is 0.393 e. The Morgan fingerprint density at radius 3 is 2.65 bits per heavy atom. The van der Waals surface area contributed by atoms with Gasteiger partial charge in [0, 0.05) is 16.6 Å². The molecule has 0 atom stereocenters. The highest BCUT2D eigenvalue weighted by molar-refractivity contribution is 6.31. The van der Waals surface area contributed by atoms with Crippen LogP contribution in [0.25, 0.3) is 11.0 Å². The number of fused-ring (bicyclic) bond motifs is 1. The van der Waals surface area contributed by atoms with E-state index in [4.69, 9.17) is 16.6 Å². The van der Waals surface area contributed by atoms with Crippen LogP contribution >= 0.6 is 11.6 Å². The summed E-state index contributed by atoms with van der Waals surface area (Å²) in [6.07, 6.45) is 3.16. The number of aromatic nitrogens is 2. The van der Waals surface area contributed by atoms with Crippen LogP contribution in [0.3, 0.4) is 0 Å². The smallest absolute Gasteiger partial charge is 0.204 e. The monoisotopic (exact) mass is 373 g/mol. The number of halogens is 2. The Kier molecular flexibility index (Phi) is 4.83. The van der Waals surface area contributed by atoms with Crippen molar-refractivity contribution in [3.05, 3.63) is 58.9 Å². The van der Waals surface area contributed by atoms with Gasteiger partial charge in [0.05, 0.1) is 23.7 Å². The molecule has 1 aliphatic carbocycles. The molecule has 1 heterocycles. The van der Waals surface area contributed by atoms with E-state index in [1.165, 1.54) is 6.07 Å². The van der Waals surface area contributed by atoms with Gasteiger partial charge in [0.1, 0.15) is 5.82 Å². The number of aliphatic hydroxyl groups excluding tert-OH is 1. The second-order valence-electron chi connectivity index (χ2n) is 6.86. The molecule has 4 rings (SSSR count).